The molecule has 134 valence electrons. The molecule has 1 N–H and O–H groups in total. The van der Waals surface area contributed by atoms with Gasteiger partial charge in [0.1, 0.15) is 5.82 Å². The standard InChI is InChI=1S/C16H10F4N4O2/c17-10-4-3-5-11(8-10)23-15(25)26-12-9-22-24(14(12)16(18,19)20)13-6-1-2-7-21-13/h1-9H,(H,23,25). The number of alkyl halides is 3. The Balaban J connectivity index is 1.88. The van der Waals surface area contributed by atoms with E-state index >= 15 is 0 Å². The van der Waals surface area contributed by atoms with Gasteiger partial charge in [-0.1, -0.05) is 12.1 Å². The Bertz CT molecular complexity index is 925. The first-order valence-corrected chi connectivity index (χ1v) is 7.15. The fraction of sp³-hybridized carbons (Fsp3) is 0.0625. The minimum atomic E-state index is -4.86. The molecule has 3 aromatic rings. The summed E-state index contributed by atoms with van der Waals surface area (Å²) in [6.07, 6.45) is -4.03. The normalized spacial score (nSPS) is 11.2. The number of rotatable bonds is 3. The molecule has 0 aliphatic rings. The fourth-order valence-electron chi connectivity index (χ4n) is 2.13. The minimum absolute atomic E-state index is 0.0284. The van der Waals surface area contributed by atoms with Gasteiger partial charge in [0.2, 0.25) is 0 Å². The molecule has 1 aromatic carbocycles. The summed E-state index contributed by atoms with van der Waals surface area (Å²) in [5.41, 5.74) is -1.27. The van der Waals surface area contributed by atoms with Crippen molar-refractivity contribution in [2.75, 3.05) is 5.32 Å². The number of ether oxygens (including phenoxy) is 1. The van der Waals surface area contributed by atoms with E-state index in [1.165, 1.54) is 36.5 Å². The van der Waals surface area contributed by atoms with Crippen molar-refractivity contribution in [1.29, 1.82) is 0 Å². The summed E-state index contributed by atoms with van der Waals surface area (Å²) in [6.45, 7) is 0. The quantitative estimate of drug-likeness (QED) is 0.711. The van der Waals surface area contributed by atoms with Crippen molar-refractivity contribution < 1.29 is 27.1 Å². The Morgan fingerprint density at radius 1 is 1.15 bits per heavy atom. The predicted octanol–water partition coefficient (Wildman–Crippen LogP) is 4.04. The molecular formula is C16H10F4N4O2. The third kappa shape index (κ3) is 3.79. The molecule has 2 aromatic heterocycles. The number of halogens is 4. The molecule has 2 heterocycles. The maximum absolute atomic E-state index is 13.4. The van der Waals surface area contributed by atoms with Gasteiger partial charge in [-0.2, -0.15) is 18.3 Å². The van der Waals surface area contributed by atoms with Gasteiger partial charge in [0, 0.05) is 11.9 Å². The van der Waals surface area contributed by atoms with E-state index < -0.39 is 29.5 Å². The number of nitrogens with one attached hydrogen (secondary N) is 1. The summed E-state index contributed by atoms with van der Waals surface area (Å²) < 4.78 is 58.6. The smallest absolute Gasteiger partial charge is 0.406 e. The lowest BCUT2D eigenvalue weighted by atomic mass is 10.3. The SMILES string of the molecule is O=C(Nc1cccc(F)c1)Oc1cnn(-c2ccccn2)c1C(F)(F)F. The molecule has 0 fully saturated rings. The van der Waals surface area contributed by atoms with Crippen LogP contribution in [0.2, 0.25) is 0 Å². The van der Waals surface area contributed by atoms with E-state index in [9.17, 15) is 22.4 Å². The summed E-state index contributed by atoms with van der Waals surface area (Å²) in [5.74, 6) is -1.53. The lowest BCUT2D eigenvalue weighted by Gasteiger charge is -2.12. The van der Waals surface area contributed by atoms with Crippen molar-refractivity contribution >= 4 is 11.8 Å². The van der Waals surface area contributed by atoms with Crippen LogP contribution in [0.5, 0.6) is 5.75 Å². The Morgan fingerprint density at radius 3 is 2.62 bits per heavy atom. The van der Waals surface area contributed by atoms with E-state index in [4.69, 9.17) is 4.74 Å². The average molecular weight is 366 g/mol. The molecule has 0 spiro atoms. The van der Waals surface area contributed by atoms with Crippen molar-refractivity contribution in [3.63, 3.8) is 0 Å². The van der Waals surface area contributed by atoms with Crippen LogP contribution in [0.4, 0.5) is 28.0 Å². The molecule has 0 bridgehead atoms. The van der Waals surface area contributed by atoms with Crippen molar-refractivity contribution in [3.8, 4) is 11.6 Å². The Kier molecular flexibility index (Phi) is 4.57. The predicted molar refractivity (Wildman–Crippen MR) is 82.4 cm³/mol. The number of nitrogens with zero attached hydrogens (tertiary/aromatic N) is 3. The summed E-state index contributed by atoms with van der Waals surface area (Å²) in [6, 6.07) is 9.15. The molecule has 0 unspecified atom stereocenters. The molecule has 0 saturated carbocycles. The number of hydrogen-bond donors (Lipinski definition) is 1. The second-order valence-corrected chi connectivity index (χ2v) is 4.98. The second kappa shape index (κ2) is 6.82. The van der Waals surface area contributed by atoms with Gasteiger partial charge < -0.3 is 4.74 Å². The van der Waals surface area contributed by atoms with Gasteiger partial charge in [-0.15, -0.1) is 0 Å². The van der Waals surface area contributed by atoms with E-state index in [2.05, 4.69) is 15.4 Å². The largest absolute Gasteiger partial charge is 0.437 e. The van der Waals surface area contributed by atoms with Crippen LogP contribution in [0, 0.1) is 5.82 Å². The number of carbonyl (C=O) groups is 1. The van der Waals surface area contributed by atoms with Crippen molar-refractivity contribution in [2.24, 2.45) is 0 Å². The molecule has 26 heavy (non-hydrogen) atoms. The lowest BCUT2D eigenvalue weighted by Crippen LogP contribution is -2.20. The molecule has 0 saturated heterocycles. The van der Waals surface area contributed by atoms with Gasteiger partial charge in [-0.25, -0.2) is 18.9 Å². The van der Waals surface area contributed by atoms with Crippen LogP contribution in [0.3, 0.4) is 0 Å². The van der Waals surface area contributed by atoms with Crippen LogP contribution in [-0.4, -0.2) is 20.9 Å². The lowest BCUT2D eigenvalue weighted by molar-refractivity contribution is -0.143. The molecule has 6 nitrogen and oxygen atoms in total. The van der Waals surface area contributed by atoms with E-state index in [0.29, 0.717) is 4.68 Å². The number of anilines is 1. The summed E-state index contributed by atoms with van der Waals surface area (Å²) in [4.78, 5) is 15.6. The maximum Gasteiger partial charge on any atom is 0.437 e. The summed E-state index contributed by atoms with van der Waals surface area (Å²) >= 11 is 0. The summed E-state index contributed by atoms with van der Waals surface area (Å²) in [7, 11) is 0. The van der Waals surface area contributed by atoms with E-state index in [1.54, 1.807) is 0 Å². The Labute approximate surface area is 144 Å². The number of amides is 1. The molecule has 0 atom stereocenters. The highest BCUT2D eigenvalue weighted by Crippen LogP contribution is 2.37. The molecule has 1 amide bonds. The van der Waals surface area contributed by atoms with Crippen molar-refractivity contribution in [1.82, 2.24) is 14.8 Å². The first-order chi connectivity index (χ1) is 12.3. The van der Waals surface area contributed by atoms with Crippen LogP contribution in [0.1, 0.15) is 5.69 Å². The molecule has 3 rings (SSSR count). The first-order valence-electron chi connectivity index (χ1n) is 7.15. The number of aromatic nitrogens is 3. The van der Waals surface area contributed by atoms with Crippen LogP contribution in [-0.2, 0) is 6.18 Å². The molecular weight excluding hydrogens is 356 g/mol. The highest BCUT2D eigenvalue weighted by Gasteiger charge is 2.40. The molecule has 10 heteroatoms. The van der Waals surface area contributed by atoms with Crippen molar-refractivity contribution in [3.05, 3.63) is 66.4 Å². The monoisotopic (exact) mass is 366 g/mol. The topological polar surface area (TPSA) is 69.0 Å². The van der Waals surface area contributed by atoms with Gasteiger partial charge in [0.25, 0.3) is 0 Å². The number of pyridine rings is 1. The Morgan fingerprint density at radius 2 is 1.96 bits per heavy atom. The zero-order valence-corrected chi connectivity index (χ0v) is 12.9. The zero-order chi connectivity index (χ0) is 18.7. The molecule has 0 aliphatic heterocycles. The zero-order valence-electron chi connectivity index (χ0n) is 12.9. The molecule has 0 radical (unpaired) electrons. The van der Waals surface area contributed by atoms with Gasteiger partial charge in [-0.3, -0.25) is 5.32 Å². The minimum Gasteiger partial charge on any atom is -0.406 e. The van der Waals surface area contributed by atoms with Gasteiger partial charge in [0.05, 0.1) is 6.20 Å². The third-order valence-corrected chi connectivity index (χ3v) is 3.14. The van der Waals surface area contributed by atoms with Crippen molar-refractivity contribution in [2.45, 2.75) is 6.18 Å². The Hall–Kier alpha value is -3.43. The van der Waals surface area contributed by atoms with Crippen LogP contribution in [0.25, 0.3) is 5.82 Å². The second-order valence-electron chi connectivity index (χ2n) is 4.98. The average Bonchev–Trinajstić information content (AvgIpc) is 2.99. The third-order valence-electron chi connectivity index (χ3n) is 3.14. The summed E-state index contributed by atoms with van der Waals surface area (Å²) in [5, 5.41) is 5.73. The first kappa shape index (κ1) is 17.4. The number of carbonyl (C=O) groups excluding carboxylic acids is 1. The van der Waals surface area contributed by atoms with Crippen LogP contribution in [0.15, 0.2) is 54.9 Å². The van der Waals surface area contributed by atoms with Gasteiger partial charge >= 0.3 is 12.3 Å². The maximum atomic E-state index is 13.4. The number of benzene rings is 1. The molecule has 0 aliphatic carbocycles. The van der Waals surface area contributed by atoms with E-state index in [0.717, 1.165) is 18.3 Å². The van der Waals surface area contributed by atoms with Crippen LogP contribution < -0.4 is 10.1 Å². The highest BCUT2D eigenvalue weighted by molar-refractivity contribution is 5.86. The van der Waals surface area contributed by atoms with E-state index in [1.807, 2.05) is 0 Å². The van der Waals surface area contributed by atoms with Gasteiger partial charge in [0.15, 0.2) is 17.3 Å². The van der Waals surface area contributed by atoms with E-state index in [-0.39, 0.29) is 11.5 Å². The highest BCUT2D eigenvalue weighted by atomic mass is 19.4. The van der Waals surface area contributed by atoms with Crippen LogP contribution >= 0.6 is 0 Å². The van der Waals surface area contributed by atoms with Gasteiger partial charge in [-0.05, 0) is 30.3 Å². The number of hydrogen-bond acceptors (Lipinski definition) is 4. The fourth-order valence-corrected chi connectivity index (χ4v) is 2.13.